The van der Waals surface area contributed by atoms with Gasteiger partial charge in [-0.15, -0.1) is 0 Å². The van der Waals surface area contributed by atoms with Gasteiger partial charge in [0.05, 0.1) is 28.8 Å². The van der Waals surface area contributed by atoms with E-state index in [1.165, 1.54) is 12.5 Å². The summed E-state index contributed by atoms with van der Waals surface area (Å²) in [5.41, 5.74) is 1.60. The Morgan fingerprint density at radius 2 is 1.88 bits per heavy atom. The van der Waals surface area contributed by atoms with Crippen LogP contribution in [0.4, 0.5) is 20.3 Å². The molecule has 0 aliphatic heterocycles. The van der Waals surface area contributed by atoms with Crippen molar-refractivity contribution in [1.29, 1.82) is 0 Å². The first kappa shape index (κ1) is 16.4. The van der Waals surface area contributed by atoms with Crippen molar-refractivity contribution in [3.05, 3.63) is 36.9 Å². The van der Waals surface area contributed by atoms with Crippen molar-refractivity contribution in [2.75, 3.05) is 5.32 Å². The zero-order valence-corrected chi connectivity index (χ0v) is 14.5. The van der Waals surface area contributed by atoms with E-state index in [0.717, 1.165) is 16.7 Å². The molecule has 0 aliphatic carbocycles. The lowest BCUT2D eigenvalue weighted by Crippen LogP contribution is -2.23. The Morgan fingerprint density at radius 3 is 2.62 bits per heavy atom. The van der Waals surface area contributed by atoms with Crippen LogP contribution >= 0.6 is 0 Å². The summed E-state index contributed by atoms with van der Waals surface area (Å²) in [5, 5.41) is 12.8. The van der Waals surface area contributed by atoms with Gasteiger partial charge >= 0.3 is 6.55 Å². The lowest BCUT2D eigenvalue weighted by molar-refractivity contribution is 0.0615. The van der Waals surface area contributed by atoms with Gasteiger partial charge in [-0.25, -0.2) is 19.3 Å². The molecule has 26 heavy (non-hydrogen) atoms. The normalized spacial score (nSPS) is 12.4. The fourth-order valence-corrected chi connectivity index (χ4v) is 2.86. The molecule has 0 bridgehead atoms. The second kappa shape index (κ2) is 5.72. The van der Waals surface area contributed by atoms with Gasteiger partial charge in [0.1, 0.15) is 12.1 Å². The van der Waals surface area contributed by atoms with Crippen LogP contribution in [0.3, 0.4) is 0 Å². The van der Waals surface area contributed by atoms with Gasteiger partial charge in [0.25, 0.3) is 0 Å². The predicted molar refractivity (Wildman–Crippen MR) is 94.6 cm³/mol. The molecule has 1 aromatic carbocycles. The maximum absolute atomic E-state index is 12.9. The Balaban J connectivity index is 1.73. The fourth-order valence-electron chi connectivity index (χ4n) is 2.86. The molecule has 0 aliphatic rings. The van der Waals surface area contributed by atoms with E-state index in [2.05, 4.69) is 25.5 Å². The van der Waals surface area contributed by atoms with Gasteiger partial charge in [-0.2, -0.15) is 19.0 Å². The van der Waals surface area contributed by atoms with Gasteiger partial charge in [-0.3, -0.25) is 0 Å². The first-order chi connectivity index (χ1) is 12.3. The maximum Gasteiger partial charge on any atom is 0.333 e. The van der Waals surface area contributed by atoms with Crippen LogP contribution in [0.5, 0.6) is 0 Å². The Morgan fingerprint density at radius 1 is 1.08 bits per heavy atom. The lowest BCUT2D eigenvalue weighted by Gasteiger charge is -2.19. The largest absolute Gasteiger partial charge is 0.339 e. The van der Waals surface area contributed by atoms with E-state index in [-0.39, 0.29) is 5.54 Å². The topological polar surface area (TPSA) is 73.5 Å². The summed E-state index contributed by atoms with van der Waals surface area (Å²) >= 11 is 0. The van der Waals surface area contributed by atoms with Gasteiger partial charge in [0, 0.05) is 11.1 Å². The summed E-state index contributed by atoms with van der Waals surface area (Å²) in [6, 6.07) is 5.07. The number of fused-ring (bicyclic) bond motifs is 2. The maximum atomic E-state index is 12.9. The molecule has 9 heteroatoms. The standard InChI is InChI=1S/C17H17F2N7/c1-17(2,3)26-15-12(8-23-26)14(20-9-21-15)24-11-4-5-13-10(6-11)7-22-25(13)16(18)19/h4-9,16H,1-3H3,(H,20,21,24). The van der Waals surface area contributed by atoms with Crippen LogP contribution < -0.4 is 5.32 Å². The van der Waals surface area contributed by atoms with Crippen LogP contribution in [-0.2, 0) is 5.54 Å². The van der Waals surface area contributed by atoms with Gasteiger partial charge in [0.2, 0.25) is 0 Å². The first-order valence-electron chi connectivity index (χ1n) is 8.06. The highest BCUT2D eigenvalue weighted by Gasteiger charge is 2.19. The Bertz CT molecular complexity index is 1090. The average Bonchev–Trinajstić information content (AvgIpc) is 3.18. The third-order valence-corrected chi connectivity index (χ3v) is 4.04. The van der Waals surface area contributed by atoms with E-state index < -0.39 is 6.55 Å². The number of hydrogen-bond donors (Lipinski definition) is 1. The molecule has 0 amide bonds. The molecular weight excluding hydrogens is 340 g/mol. The summed E-state index contributed by atoms with van der Waals surface area (Å²) in [7, 11) is 0. The Hall–Kier alpha value is -3.10. The average molecular weight is 357 g/mol. The number of rotatable bonds is 3. The van der Waals surface area contributed by atoms with Gasteiger partial charge in [-0.05, 0) is 39.0 Å². The van der Waals surface area contributed by atoms with E-state index in [9.17, 15) is 8.78 Å². The van der Waals surface area contributed by atoms with Crippen molar-refractivity contribution in [3.8, 4) is 0 Å². The monoisotopic (exact) mass is 357 g/mol. The van der Waals surface area contributed by atoms with Crippen molar-refractivity contribution in [3.63, 3.8) is 0 Å². The number of alkyl halides is 2. The summed E-state index contributed by atoms with van der Waals surface area (Å²) in [6.07, 6.45) is 4.61. The number of hydrogen-bond acceptors (Lipinski definition) is 5. The van der Waals surface area contributed by atoms with E-state index >= 15 is 0 Å². The number of halogens is 2. The minimum absolute atomic E-state index is 0.212. The zero-order valence-electron chi connectivity index (χ0n) is 14.5. The van der Waals surface area contributed by atoms with Crippen LogP contribution in [0.15, 0.2) is 36.9 Å². The highest BCUT2D eigenvalue weighted by molar-refractivity contribution is 5.90. The molecule has 0 saturated carbocycles. The summed E-state index contributed by atoms with van der Waals surface area (Å²) in [5.74, 6) is 0.603. The number of nitrogens with zero attached hydrogens (tertiary/aromatic N) is 6. The number of anilines is 2. The van der Waals surface area contributed by atoms with E-state index in [0.29, 0.717) is 21.4 Å². The molecule has 0 spiro atoms. The molecule has 1 N–H and O–H groups in total. The quantitative estimate of drug-likeness (QED) is 0.598. The van der Waals surface area contributed by atoms with Crippen LogP contribution in [-0.4, -0.2) is 29.5 Å². The number of benzene rings is 1. The van der Waals surface area contributed by atoms with Crippen LogP contribution in [0.1, 0.15) is 27.3 Å². The van der Waals surface area contributed by atoms with Crippen molar-refractivity contribution in [1.82, 2.24) is 29.5 Å². The molecule has 0 atom stereocenters. The molecular formula is C17H17F2N7. The van der Waals surface area contributed by atoms with E-state index in [1.807, 2.05) is 25.5 Å². The molecule has 0 saturated heterocycles. The molecule has 3 heterocycles. The highest BCUT2D eigenvalue weighted by Crippen LogP contribution is 2.28. The predicted octanol–water partition coefficient (Wildman–Crippen LogP) is 4.07. The molecule has 3 aromatic heterocycles. The van der Waals surface area contributed by atoms with Crippen LogP contribution in [0.2, 0.25) is 0 Å². The molecule has 0 unspecified atom stereocenters. The van der Waals surface area contributed by atoms with Crippen LogP contribution in [0.25, 0.3) is 21.9 Å². The van der Waals surface area contributed by atoms with Gasteiger partial charge in [0.15, 0.2) is 5.65 Å². The molecule has 4 rings (SSSR count). The Kier molecular flexibility index (Phi) is 3.60. The summed E-state index contributed by atoms with van der Waals surface area (Å²) < 4.78 is 28.3. The second-order valence-electron chi connectivity index (χ2n) is 6.95. The summed E-state index contributed by atoms with van der Waals surface area (Å²) in [4.78, 5) is 8.63. The zero-order chi connectivity index (χ0) is 18.5. The third kappa shape index (κ3) is 2.65. The molecule has 0 radical (unpaired) electrons. The van der Waals surface area contributed by atoms with E-state index in [4.69, 9.17) is 0 Å². The van der Waals surface area contributed by atoms with Gasteiger partial charge in [-0.1, -0.05) is 0 Å². The second-order valence-corrected chi connectivity index (χ2v) is 6.95. The third-order valence-electron chi connectivity index (χ3n) is 4.04. The summed E-state index contributed by atoms with van der Waals surface area (Å²) in [6.45, 7) is 3.46. The molecule has 0 fully saturated rings. The minimum atomic E-state index is -2.67. The van der Waals surface area contributed by atoms with Crippen LogP contribution in [0, 0.1) is 0 Å². The minimum Gasteiger partial charge on any atom is -0.339 e. The van der Waals surface area contributed by atoms with Gasteiger partial charge < -0.3 is 5.32 Å². The smallest absolute Gasteiger partial charge is 0.333 e. The molecule has 4 aromatic rings. The SMILES string of the molecule is CC(C)(C)n1ncc2c(Nc3ccc4c(cnn4C(F)F)c3)ncnc21. The van der Waals surface area contributed by atoms with Crippen molar-refractivity contribution < 1.29 is 8.78 Å². The van der Waals surface area contributed by atoms with Crippen molar-refractivity contribution in [2.45, 2.75) is 32.9 Å². The first-order valence-corrected chi connectivity index (χ1v) is 8.06. The van der Waals surface area contributed by atoms with E-state index in [1.54, 1.807) is 24.4 Å². The fraction of sp³-hybridized carbons (Fsp3) is 0.294. The Labute approximate surface area is 147 Å². The van der Waals surface area contributed by atoms with Crippen molar-refractivity contribution >= 4 is 33.4 Å². The van der Waals surface area contributed by atoms with Crippen molar-refractivity contribution in [2.24, 2.45) is 0 Å². The number of nitrogens with one attached hydrogen (secondary N) is 1. The highest BCUT2D eigenvalue weighted by atomic mass is 19.3. The number of aromatic nitrogens is 6. The molecule has 134 valence electrons. The lowest BCUT2D eigenvalue weighted by atomic mass is 10.1. The molecule has 7 nitrogen and oxygen atoms in total.